The fraction of sp³-hybridized carbons (Fsp3) is 0.824. The first kappa shape index (κ1) is 21.4. The molecular weight excluding hydrogens is 322 g/mol. The Bertz CT molecular complexity index is 469. The molecule has 3 amide bonds. The average molecular weight is 355 g/mol. The van der Waals surface area contributed by atoms with Crippen LogP contribution in [0.15, 0.2) is 0 Å². The largest absolute Gasteiger partial charge is 0.368 e. The quantitative estimate of drug-likeness (QED) is 0.389. The molecule has 7 N–H and O–H groups in total. The summed E-state index contributed by atoms with van der Waals surface area (Å²) in [5.74, 6) is -0.808. The molecule has 1 saturated heterocycles. The zero-order chi connectivity index (χ0) is 19.0. The number of amides is 3. The summed E-state index contributed by atoms with van der Waals surface area (Å²) in [5, 5.41) is 2.69. The Balaban J connectivity index is 2.68. The zero-order valence-corrected chi connectivity index (χ0v) is 15.4. The van der Waals surface area contributed by atoms with Crippen molar-refractivity contribution >= 4 is 17.7 Å². The smallest absolute Gasteiger partial charge is 0.243 e. The number of primary amides is 1. The molecule has 1 rings (SSSR count). The molecule has 0 unspecified atom stereocenters. The second-order valence-corrected chi connectivity index (χ2v) is 7.17. The number of rotatable bonds is 10. The number of nitrogens with zero attached hydrogens (tertiary/aromatic N) is 1. The predicted octanol–water partition coefficient (Wildman–Crippen LogP) is -0.550. The van der Waals surface area contributed by atoms with E-state index >= 15 is 0 Å². The van der Waals surface area contributed by atoms with E-state index in [0.29, 0.717) is 44.7 Å². The number of likely N-dealkylation sites (tertiary alicyclic amines) is 1. The van der Waals surface area contributed by atoms with Gasteiger partial charge in [0, 0.05) is 6.54 Å². The van der Waals surface area contributed by atoms with Crippen molar-refractivity contribution in [2.45, 2.75) is 70.5 Å². The van der Waals surface area contributed by atoms with Crippen molar-refractivity contribution in [2.75, 3.05) is 13.1 Å². The summed E-state index contributed by atoms with van der Waals surface area (Å²) in [7, 11) is 0. The highest BCUT2D eigenvalue weighted by Gasteiger charge is 2.37. The van der Waals surface area contributed by atoms with Gasteiger partial charge in [-0.15, -0.1) is 0 Å². The number of unbranched alkanes of at least 4 members (excludes halogenated alkanes) is 1. The van der Waals surface area contributed by atoms with Gasteiger partial charge in [0.25, 0.3) is 0 Å². The first-order valence-electron chi connectivity index (χ1n) is 9.13. The highest BCUT2D eigenvalue weighted by Crippen LogP contribution is 2.20. The maximum Gasteiger partial charge on any atom is 0.243 e. The Kier molecular flexibility index (Phi) is 8.85. The number of nitrogens with two attached hydrogens (primary N) is 3. The van der Waals surface area contributed by atoms with Crippen molar-refractivity contribution in [3.8, 4) is 0 Å². The molecule has 0 aromatic heterocycles. The maximum atomic E-state index is 12.6. The van der Waals surface area contributed by atoms with E-state index in [1.807, 2.05) is 13.8 Å². The van der Waals surface area contributed by atoms with Crippen LogP contribution in [0.3, 0.4) is 0 Å². The van der Waals surface area contributed by atoms with Crippen LogP contribution in [0.2, 0.25) is 0 Å². The SMILES string of the molecule is CC(C)C[C@H](N)C(=O)N1CCC[C@H]1C(=O)N[C@@H](CCCCN)C(N)=O. The van der Waals surface area contributed by atoms with Crippen LogP contribution in [0.4, 0.5) is 0 Å². The van der Waals surface area contributed by atoms with Gasteiger partial charge in [0.05, 0.1) is 6.04 Å². The summed E-state index contributed by atoms with van der Waals surface area (Å²) in [5.41, 5.74) is 16.8. The molecule has 0 aromatic carbocycles. The summed E-state index contributed by atoms with van der Waals surface area (Å²) in [6.07, 6.45) is 3.81. The van der Waals surface area contributed by atoms with Crippen molar-refractivity contribution in [3.63, 3.8) is 0 Å². The Morgan fingerprint density at radius 2 is 1.92 bits per heavy atom. The minimum absolute atomic E-state index is 0.204. The molecule has 0 aromatic rings. The molecule has 0 aliphatic carbocycles. The van der Waals surface area contributed by atoms with Gasteiger partial charge in [-0.2, -0.15) is 0 Å². The molecule has 3 atom stereocenters. The Morgan fingerprint density at radius 3 is 2.48 bits per heavy atom. The lowest BCUT2D eigenvalue weighted by atomic mass is 10.0. The number of hydrogen-bond acceptors (Lipinski definition) is 5. The Labute approximate surface area is 149 Å². The molecule has 0 saturated carbocycles. The third-order valence-electron chi connectivity index (χ3n) is 4.49. The molecule has 8 nitrogen and oxygen atoms in total. The van der Waals surface area contributed by atoms with E-state index in [4.69, 9.17) is 17.2 Å². The average Bonchev–Trinajstić information content (AvgIpc) is 3.01. The molecule has 1 aliphatic rings. The van der Waals surface area contributed by atoms with Gasteiger partial charge in [0.15, 0.2) is 0 Å². The third-order valence-corrected chi connectivity index (χ3v) is 4.49. The highest BCUT2D eigenvalue weighted by molar-refractivity contribution is 5.93. The van der Waals surface area contributed by atoms with E-state index in [0.717, 1.165) is 12.8 Å². The number of carbonyl (C=O) groups is 3. The summed E-state index contributed by atoms with van der Waals surface area (Å²) in [6, 6.07) is -1.92. The first-order chi connectivity index (χ1) is 11.8. The van der Waals surface area contributed by atoms with Crippen LogP contribution < -0.4 is 22.5 Å². The summed E-state index contributed by atoms with van der Waals surface area (Å²) >= 11 is 0. The van der Waals surface area contributed by atoms with Gasteiger partial charge in [0.2, 0.25) is 17.7 Å². The minimum Gasteiger partial charge on any atom is -0.368 e. The van der Waals surface area contributed by atoms with Crippen LogP contribution in [0.1, 0.15) is 52.4 Å². The molecule has 8 heteroatoms. The van der Waals surface area contributed by atoms with Crippen LogP contribution in [0, 0.1) is 5.92 Å². The van der Waals surface area contributed by atoms with Crippen molar-refractivity contribution in [1.82, 2.24) is 10.2 Å². The van der Waals surface area contributed by atoms with E-state index < -0.39 is 24.0 Å². The van der Waals surface area contributed by atoms with E-state index in [1.165, 1.54) is 0 Å². The highest BCUT2D eigenvalue weighted by atomic mass is 16.2. The summed E-state index contributed by atoms with van der Waals surface area (Å²) in [6.45, 7) is 5.04. The molecule has 1 aliphatic heterocycles. The molecule has 0 bridgehead atoms. The minimum atomic E-state index is -0.735. The lowest BCUT2D eigenvalue weighted by Crippen LogP contribution is -2.54. The molecule has 0 spiro atoms. The monoisotopic (exact) mass is 355 g/mol. The fourth-order valence-corrected chi connectivity index (χ4v) is 3.17. The van der Waals surface area contributed by atoms with Gasteiger partial charge in [-0.25, -0.2) is 0 Å². The summed E-state index contributed by atoms with van der Waals surface area (Å²) < 4.78 is 0. The topological polar surface area (TPSA) is 145 Å². The van der Waals surface area contributed by atoms with Gasteiger partial charge in [-0.3, -0.25) is 14.4 Å². The van der Waals surface area contributed by atoms with Crippen molar-refractivity contribution < 1.29 is 14.4 Å². The molecular formula is C17H33N5O3. The number of hydrogen-bond donors (Lipinski definition) is 4. The van der Waals surface area contributed by atoms with Crippen molar-refractivity contribution in [3.05, 3.63) is 0 Å². The van der Waals surface area contributed by atoms with Gasteiger partial charge in [0.1, 0.15) is 12.1 Å². The molecule has 1 fully saturated rings. The molecule has 144 valence electrons. The zero-order valence-electron chi connectivity index (χ0n) is 15.4. The standard InChI is InChI=1S/C17H33N5O3/c1-11(2)10-12(19)17(25)22-9-5-7-14(22)16(24)21-13(15(20)23)6-3-4-8-18/h11-14H,3-10,18-19H2,1-2H3,(H2,20,23)(H,21,24)/t12-,13-,14-/m0/s1. The first-order valence-corrected chi connectivity index (χ1v) is 9.13. The molecule has 0 radical (unpaired) electrons. The van der Waals surface area contributed by atoms with Gasteiger partial charge >= 0.3 is 0 Å². The van der Waals surface area contributed by atoms with Crippen LogP contribution in [0.5, 0.6) is 0 Å². The van der Waals surface area contributed by atoms with Crippen LogP contribution in [0.25, 0.3) is 0 Å². The van der Waals surface area contributed by atoms with Crippen LogP contribution in [-0.2, 0) is 14.4 Å². The van der Waals surface area contributed by atoms with Crippen LogP contribution in [-0.4, -0.2) is 53.8 Å². The second kappa shape index (κ2) is 10.4. The normalized spacial score (nSPS) is 19.7. The lowest BCUT2D eigenvalue weighted by molar-refractivity contribution is -0.140. The van der Waals surface area contributed by atoms with Gasteiger partial charge < -0.3 is 27.4 Å². The number of nitrogens with one attached hydrogen (secondary N) is 1. The summed E-state index contributed by atoms with van der Waals surface area (Å²) in [4.78, 5) is 38.2. The van der Waals surface area contributed by atoms with E-state index in [9.17, 15) is 14.4 Å². The van der Waals surface area contributed by atoms with Crippen LogP contribution >= 0.6 is 0 Å². The second-order valence-electron chi connectivity index (χ2n) is 7.17. The van der Waals surface area contributed by atoms with E-state index in [-0.39, 0.29) is 11.8 Å². The van der Waals surface area contributed by atoms with Gasteiger partial charge in [-0.1, -0.05) is 13.8 Å². The number of carbonyl (C=O) groups excluding carboxylic acids is 3. The van der Waals surface area contributed by atoms with Gasteiger partial charge in [-0.05, 0) is 51.0 Å². The Morgan fingerprint density at radius 1 is 1.24 bits per heavy atom. The maximum absolute atomic E-state index is 12.6. The van der Waals surface area contributed by atoms with Crippen molar-refractivity contribution in [2.24, 2.45) is 23.1 Å². The van der Waals surface area contributed by atoms with E-state index in [2.05, 4.69) is 5.32 Å². The molecule has 1 heterocycles. The van der Waals surface area contributed by atoms with Crippen molar-refractivity contribution in [1.29, 1.82) is 0 Å². The predicted molar refractivity (Wildman–Crippen MR) is 96.2 cm³/mol. The third kappa shape index (κ3) is 6.62. The fourth-order valence-electron chi connectivity index (χ4n) is 3.17. The lowest BCUT2D eigenvalue weighted by Gasteiger charge is -2.28. The van der Waals surface area contributed by atoms with E-state index in [1.54, 1.807) is 4.90 Å². The Hall–Kier alpha value is -1.67. The molecule has 25 heavy (non-hydrogen) atoms.